The zero-order valence-electron chi connectivity index (χ0n) is 13.0. The largest absolute Gasteiger partial charge is 0.331 e. The Morgan fingerprint density at radius 1 is 1.21 bits per heavy atom. The van der Waals surface area contributed by atoms with Gasteiger partial charge in [0, 0.05) is 12.4 Å². The molecule has 0 fully saturated rings. The second-order valence-corrected chi connectivity index (χ2v) is 5.22. The molecule has 122 valence electrons. The van der Waals surface area contributed by atoms with Gasteiger partial charge < -0.3 is 5.32 Å². The van der Waals surface area contributed by atoms with E-state index in [2.05, 4.69) is 20.7 Å². The maximum atomic E-state index is 12.8. The van der Waals surface area contributed by atoms with Gasteiger partial charge >= 0.3 is 6.03 Å². The van der Waals surface area contributed by atoms with Gasteiger partial charge in [-0.15, -0.1) is 0 Å². The molecule has 2 aromatic heterocycles. The Balaban J connectivity index is 1.60. The van der Waals surface area contributed by atoms with E-state index in [1.165, 1.54) is 12.1 Å². The van der Waals surface area contributed by atoms with Crippen LogP contribution in [0.5, 0.6) is 0 Å². The third-order valence-electron chi connectivity index (χ3n) is 3.48. The summed E-state index contributed by atoms with van der Waals surface area (Å²) in [4.78, 5) is 15.7. The molecule has 2 N–H and O–H groups in total. The van der Waals surface area contributed by atoms with Gasteiger partial charge in [0.25, 0.3) is 0 Å². The van der Waals surface area contributed by atoms with Crippen LogP contribution in [0.3, 0.4) is 0 Å². The van der Waals surface area contributed by atoms with Crippen molar-refractivity contribution >= 4 is 11.8 Å². The molecule has 0 aliphatic carbocycles. The second kappa shape index (κ2) is 6.91. The van der Waals surface area contributed by atoms with Crippen molar-refractivity contribution in [3.63, 3.8) is 0 Å². The highest BCUT2D eigenvalue weighted by Crippen LogP contribution is 2.15. The minimum Gasteiger partial charge on any atom is -0.331 e. The van der Waals surface area contributed by atoms with Gasteiger partial charge in [0.2, 0.25) is 0 Å². The maximum Gasteiger partial charge on any atom is 0.320 e. The molecule has 1 atom stereocenters. The van der Waals surface area contributed by atoms with Gasteiger partial charge in [-0.05, 0) is 42.8 Å². The lowest BCUT2D eigenvalue weighted by atomic mass is 10.1. The molecular formula is C17H16FN5O. The number of hydrogen-bond donors (Lipinski definition) is 2. The Morgan fingerprint density at radius 2 is 2.00 bits per heavy atom. The zero-order chi connectivity index (χ0) is 16.9. The Labute approximate surface area is 138 Å². The topological polar surface area (TPSA) is 71.8 Å². The number of carbonyl (C=O) groups is 1. The Bertz CT molecular complexity index is 800. The summed E-state index contributed by atoms with van der Waals surface area (Å²) in [6.45, 7) is 1.88. The zero-order valence-corrected chi connectivity index (χ0v) is 13.0. The molecule has 3 aromatic rings. The SMILES string of the molecule is C[C@H](NC(=O)Nc1ccc(F)cn1)c1ccc(-n2cccn2)cc1. The molecule has 0 bridgehead atoms. The molecule has 0 aliphatic rings. The van der Waals surface area contributed by atoms with Crippen LogP contribution in [-0.4, -0.2) is 20.8 Å². The number of hydrogen-bond acceptors (Lipinski definition) is 3. The number of amides is 2. The molecule has 0 saturated heterocycles. The number of rotatable bonds is 4. The average Bonchev–Trinajstić information content (AvgIpc) is 3.11. The first-order chi connectivity index (χ1) is 11.6. The van der Waals surface area contributed by atoms with E-state index < -0.39 is 11.8 Å². The van der Waals surface area contributed by atoms with Crippen molar-refractivity contribution in [3.05, 3.63) is 72.4 Å². The monoisotopic (exact) mass is 325 g/mol. The number of pyridine rings is 1. The van der Waals surface area contributed by atoms with Gasteiger partial charge in [-0.25, -0.2) is 18.9 Å². The molecule has 0 radical (unpaired) electrons. The molecule has 0 aliphatic heterocycles. The van der Waals surface area contributed by atoms with Gasteiger partial charge in [0.1, 0.15) is 11.6 Å². The minimum absolute atomic E-state index is 0.197. The van der Waals surface area contributed by atoms with E-state index in [0.29, 0.717) is 0 Å². The fourth-order valence-corrected chi connectivity index (χ4v) is 2.22. The van der Waals surface area contributed by atoms with Crippen LogP contribution in [0.15, 0.2) is 61.1 Å². The van der Waals surface area contributed by atoms with Crippen LogP contribution in [-0.2, 0) is 0 Å². The number of nitrogens with zero attached hydrogens (tertiary/aromatic N) is 3. The summed E-state index contributed by atoms with van der Waals surface area (Å²) in [5.41, 5.74) is 1.89. The third-order valence-corrected chi connectivity index (χ3v) is 3.48. The van der Waals surface area contributed by atoms with Crippen LogP contribution in [0.4, 0.5) is 15.0 Å². The molecule has 6 nitrogen and oxygen atoms in total. The van der Waals surface area contributed by atoms with E-state index >= 15 is 0 Å². The van der Waals surface area contributed by atoms with Crippen molar-refractivity contribution in [3.8, 4) is 5.69 Å². The minimum atomic E-state index is -0.452. The number of benzene rings is 1. The van der Waals surface area contributed by atoms with E-state index in [4.69, 9.17) is 0 Å². The Morgan fingerprint density at radius 3 is 2.62 bits per heavy atom. The smallest absolute Gasteiger partial charge is 0.320 e. The van der Waals surface area contributed by atoms with Crippen molar-refractivity contribution in [2.75, 3.05) is 5.32 Å². The Hall–Kier alpha value is -3.22. The normalized spacial score (nSPS) is 11.8. The summed E-state index contributed by atoms with van der Waals surface area (Å²) in [7, 11) is 0. The number of nitrogens with one attached hydrogen (secondary N) is 2. The first-order valence-electron chi connectivity index (χ1n) is 7.41. The van der Waals surface area contributed by atoms with Crippen LogP contribution in [0.2, 0.25) is 0 Å². The average molecular weight is 325 g/mol. The lowest BCUT2D eigenvalue weighted by molar-refractivity contribution is 0.249. The van der Waals surface area contributed by atoms with E-state index in [-0.39, 0.29) is 11.9 Å². The first kappa shape index (κ1) is 15.7. The lowest BCUT2D eigenvalue weighted by Crippen LogP contribution is -2.31. The molecule has 0 saturated carbocycles. The third kappa shape index (κ3) is 3.75. The number of anilines is 1. The van der Waals surface area contributed by atoms with E-state index in [1.54, 1.807) is 10.9 Å². The quantitative estimate of drug-likeness (QED) is 0.773. The number of halogens is 1. The number of aromatic nitrogens is 3. The number of urea groups is 1. The van der Waals surface area contributed by atoms with Crippen molar-refractivity contribution in [2.45, 2.75) is 13.0 Å². The summed E-state index contributed by atoms with van der Waals surface area (Å²) in [6.07, 6.45) is 4.62. The fraction of sp³-hybridized carbons (Fsp3) is 0.118. The van der Waals surface area contributed by atoms with Gasteiger partial charge in [0.15, 0.2) is 0 Å². The van der Waals surface area contributed by atoms with E-state index in [0.717, 1.165) is 17.4 Å². The van der Waals surface area contributed by atoms with Gasteiger partial charge in [-0.2, -0.15) is 5.10 Å². The molecule has 0 unspecified atom stereocenters. The first-order valence-corrected chi connectivity index (χ1v) is 7.41. The van der Waals surface area contributed by atoms with Gasteiger partial charge in [-0.3, -0.25) is 5.32 Å². The summed E-state index contributed by atoms with van der Waals surface area (Å²) in [6, 6.07) is 11.6. The highest BCUT2D eigenvalue weighted by molar-refractivity contribution is 5.88. The van der Waals surface area contributed by atoms with Gasteiger partial charge in [-0.1, -0.05) is 12.1 Å². The lowest BCUT2D eigenvalue weighted by Gasteiger charge is -2.15. The molecule has 7 heteroatoms. The van der Waals surface area contributed by atoms with Gasteiger partial charge in [0.05, 0.1) is 17.9 Å². The van der Waals surface area contributed by atoms with Crippen LogP contribution < -0.4 is 10.6 Å². The van der Waals surface area contributed by atoms with E-state index in [9.17, 15) is 9.18 Å². The summed E-state index contributed by atoms with van der Waals surface area (Å²) >= 11 is 0. The standard InChI is InChI=1S/C17H16FN5O/c1-12(21-17(24)22-16-8-5-14(18)11-19-16)13-3-6-15(7-4-13)23-10-2-9-20-23/h2-12H,1H3,(H2,19,21,22,24)/t12-/m0/s1. The number of carbonyl (C=O) groups excluding carboxylic acids is 1. The summed E-state index contributed by atoms with van der Waals surface area (Å²) in [5.74, 6) is -0.165. The summed E-state index contributed by atoms with van der Waals surface area (Å²) < 4.78 is 14.6. The van der Waals surface area contributed by atoms with Crippen molar-refractivity contribution in [1.29, 1.82) is 0 Å². The highest BCUT2D eigenvalue weighted by atomic mass is 19.1. The molecule has 0 spiro atoms. The van der Waals surface area contributed by atoms with Crippen LogP contribution in [0, 0.1) is 5.82 Å². The van der Waals surface area contributed by atoms with Crippen molar-refractivity contribution in [2.24, 2.45) is 0 Å². The summed E-state index contributed by atoms with van der Waals surface area (Å²) in [5, 5.41) is 9.53. The molecule has 1 aromatic carbocycles. The molecule has 2 amide bonds. The fourth-order valence-electron chi connectivity index (χ4n) is 2.22. The van der Waals surface area contributed by atoms with Crippen LogP contribution in [0.1, 0.15) is 18.5 Å². The highest BCUT2D eigenvalue weighted by Gasteiger charge is 2.10. The molecule has 24 heavy (non-hydrogen) atoms. The molecule has 2 heterocycles. The van der Waals surface area contributed by atoms with E-state index in [1.807, 2.05) is 43.5 Å². The molecular weight excluding hydrogens is 309 g/mol. The van der Waals surface area contributed by atoms with Crippen LogP contribution in [0.25, 0.3) is 5.69 Å². The van der Waals surface area contributed by atoms with Crippen molar-refractivity contribution < 1.29 is 9.18 Å². The Kier molecular flexibility index (Phi) is 4.51. The predicted molar refractivity (Wildman–Crippen MR) is 88.3 cm³/mol. The second-order valence-electron chi connectivity index (χ2n) is 5.22. The predicted octanol–water partition coefficient (Wildman–Crippen LogP) is 3.29. The maximum absolute atomic E-state index is 12.8. The molecule has 3 rings (SSSR count). The van der Waals surface area contributed by atoms with Crippen LogP contribution >= 0.6 is 0 Å². The van der Waals surface area contributed by atoms with Crippen molar-refractivity contribution in [1.82, 2.24) is 20.1 Å².